The first-order valence-electron chi connectivity index (χ1n) is 5.67. The van der Waals surface area contributed by atoms with Crippen molar-refractivity contribution in [1.82, 2.24) is 0 Å². The maximum atomic E-state index is 10.7. The average molecular weight is 588 g/mol. The number of hydrogen-bond acceptors (Lipinski definition) is 3. The van der Waals surface area contributed by atoms with Crippen molar-refractivity contribution >= 4 is 42.0 Å². The topological polar surface area (TPSA) is 57.2 Å². The van der Waals surface area contributed by atoms with E-state index in [0.29, 0.717) is 0 Å². The van der Waals surface area contributed by atoms with E-state index in [2.05, 4.69) is 80.4 Å². The van der Waals surface area contributed by atoms with Gasteiger partial charge in [-0.2, -0.15) is 13.2 Å². The molecule has 0 spiro atoms. The summed E-state index contributed by atoms with van der Waals surface area (Å²) < 4.78 is 64.1. The Morgan fingerprint density at radius 3 is 1.52 bits per heavy atom. The first-order valence-corrected chi connectivity index (χ1v) is 10.8. The molecule has 0 aliphatic rings. The van der Waals surface area contributed by atoms with Crippen LogP contribution in [-0.4, -0.2) is 18.5 Å². The first kappa shape index (κ1) is 20.9. The van der Waals surface area contributed by atoms with Crippen molar-refractivity contribution in [2.45, 2.75) is 5.51 Å². The molecule has 0 saturated carbocycles. The molecule has 0 aliphatic carbocycles. The molecule has 0 heterocycles. The standard InChI is InChI=1S/C12H8Br2I.CHF3O3S/c13-9-3-1-5-11(7-9)15-12-6-2-4-10(14)8-12;2-1(3,4)8(5,6)7/h1-8H;(H,5,6,7)/q+1;/p-1. The molecular weight excluding hydrogens is 580 g/mol. The molecule has 23 heavy (non-hydrogen) atoms. The molecule has 0 radical (unpaired) electrons. The van der Waals surface area contributed by atoms with Crippen LogP contribution in [0, 0.1) is 7.14 Å². The van der Waals surface area contributed by atoms with E-state index in [1.54, 1.807) is 0 Å². The van der Waals surface area contributed by atoms with Gasteiger partial charge in [0.25, 0.3) is 0 Å². The second kappa shape index (κ2) is 8.79. The highest BCUT2D eigenvalue weighted by molar-refractivity contribution is 9.10. The summed E-state index contributed by atoms with van der Waals surface area (Å²) in [5.41, 5.74) is -5.65. The largest absolute Gasteiger partial charge is 0.741 e. The summed E-state index contributed by atoms with van der Waals surface area (Å²) in [6.07, 6.45) is 0. The molecule has 126 valence electrons. The Kier molecular flexibility index (Phi) is 7.98. The second-order valence-corrected chi connectivity index (χ2v) is 10.1. The third kappa shape index (κ3) is 7.96. The van der Waals surface area contributed by atoms with Gasteiger partial charge in [0.05, 0.1) is 0 Å². The Bertz CT molecular complexity index is 724. The molecule has 3 nitrogen and oxygen atoms in total. The van der Waals surface area contributed by atoms with E-state index in [-0.39, 0.29) is 21.2 Å². The van der Waals surface area contributed by atoms with Gasteiger partial charge in [0, 0.05) is 21.1 Å². The van der Waals surface area contributed by atoms with Gasteiger partial charge in [-0.3, -0.25) is 0 Å². The van der Waals surface area contributed by atoms with Crippen LogP contribution in [-0.2, 0) is 10.1 Å². The van der Waals surface area contributed by atoms with Crippen molar-refractivity contribution in [3.05, 3.63) is 64.6 Å². The fourth-order valence-corrected chi connectivity index (χ4v) is 5.29. The van der Waals surface area contributed by atoms with Crippen LogP contribution in [0.25, 0.3) is 0 Å². The molecule has 0 amide bonds. The lowest BCUT2D eigenvalue weighted by molar-refractivity contribution is -0.597. The number of rotatable bonds is 2. The lowest BCUT2D eigenvalue weighted by Gasteiger charge is -2.08. The van der Waals surface area contributed by atoms with Gasteiger partial charge in [-0.25, -0.2) is 8.42 Å². The van der Waals surface area contributed by atoms with Gasteiger partial charge in [0.1, 0.15) is 0 Å². The van der Waals surface area contributed by atoms with Crippen molar-refractivity contribution in [3.8, 4) is 0 Å². The molecule has 0 aliphatic heterocycles. The van der Waals surface area contributed by atoms with Crippen molar-refractivity contribution in [3.63, 3.8) is 0 Å². The minimum atomic E-state index is -6.09. The highest BCUT2D eigenvalue weighted by atomic mass is 127. The Morgan fingerprint density at radius 1 is 0.913 bits per heavy atom. The van der Waals surface area contributed by atoms with E-state index in [4.69, 9.17) is 13.0 Å². The van der Waals surface area contributed by atoms with Crippen LogP contribution in [0.2, 0.25) is 0 Å². The number of alkyl halides is 3. The summed E-state index contributed by atoms with van der Waals surface area (Å²) in [5.74, 6) is 0. The van der Waals surface area contributed by atoms with Crippen LogP contribution in [0.5, 0.6) is 0 Å². The van der Waals surface area contributed by atoms with Crippen LogP contribution in [0.3, 0.4) is 0 Å². The highest BCUT2D eigenvalue weighted by Gasteiger charge is 2.36. The van der Waals surface area contributed by atoms with E-state index >= 15 is 0 Å². The molecule has 2 aromatic rings. The summed E-state index contributed by atoms with van der Waals surface area (Å²) in [5, 5.41) is 0. The van der Waals surface area contributed by atoms with E-state index < -0.39 is 15.6 Å². The van der Waals surface area contributed by atoms with Gasteiger partial charge in [-0.15, -0.1) is 0 Å². The van der Waals surface area contributed by atoms with Gasteiger partial charge in [0.2, 0.25) is 0 Å². The fraction of sp³-hybridized carbons (Fsp3) is 0.0769. The first-order chi connectivity index (χ1) is 10.5. The molecule has 2 aromatic carbocycles. The van der Waals surface area contributed by atoms with Gasteiger partial charge in [-0.1, -0.05) is 44.0 Å². The molecule has 10 heteroatoms. The molecule has 0 N–H and O–H groups in total. The van der Waals surface area contributed by atoms with Gasteiger partial charge >= 0.3 is 26.7 Å². The van der Waals surface area contributed by atoms with E-state index in [1.165, 1.54) is 7.14 Å². The van der Waals surface area contributed by atoms with E-state index in [0.717, 1.165) is 8.95 Å². The molecule has 0 aromatic heterocycles. The lowest BCUT2D eigenvalue weighted by atomic mass is 10.4. The number of halogens is 6. The van der Waals surface area contributed by atoms with Gasteiger partial charge in [-0.05, 0) is 24.3 Å². The van der Waals surface area contributed by atoms with Gasteiger partial charge in [0.15, 0.2) is 17.3 Å². The maximum Gasteiger partial charge on any atom is 0.485 e. The van der Waals surface area contributed by atoms with Crippen LogP contribution in [0.4, 0.5) is 13.2 Å². The van der Waals surface area contributed by atoms with Crippen LogP contribution < -0.4 is 21.2 Å². The monoisotopic (exact) mass is 586 g/mol. The molecule has 0 atom stereocenters. The third-order valence-corrected chi connectivity index (χ3v) is 6.22. The Hall–Kier alpha value is -0.170. The predicted molar refractivity (Wildman–Crippen MR) is 81.4 cm³/mol. The minimum Gasteiger partial charge on any atom is -0.741 e. The number of hydrogen-bond donors (Lipinski definition) is 0. The van der Waals surface area contributed by atoms with Crippen molar-refractivity contribution < 1.29 is 47.3 Å². The fourth-order valence-electron chi connectivity index (χ4n) is 1.16. The molecule has 2 rings (SSSR count). The number of benzene rings is 2. The van der Waals surface area contributed by atoms with Crippen LogP contribution in [0.1, 0.15) is 0 Å². The summed E-state index contributed by atoms with van der Waals surface area (Å²) in [7, 11) is -6.09. The normalized spacial score (nSPS) is 11.6. The molecular formula is C13H8Br2F3IO3S. The Balaban J connectivity index is 0.000000284. The molecule has 0 unspecified atom stereocenters. The molecule has 0 fully saturated rings. The summed E-state index contributed by atoms with van der Waals surface area (Å²) in [6.45, 7) is 0. The SMILES string of the molecule is Brc1cccc([I+]c2cccc(Br)c2)c1.O=S(=O)([O-])C(F)(F)F. The van der Waals surface area contributed by atoms with Gasteiger partial charge < -0.3 is 4.55 Å². The highest BCUT2D eigenvalue weighted by Crippen LogP contribution is 2.20. The molecule has 0 bridgehead atoms. The third-order valence-electron chi connectivity index (χ3n) is 2.08. The second-order valence-electron chi connectivity index (χ2n) is 3.87. The zero-order valence-electron chi connectivity index (χ0n) is 11.0. The Morgan fingerprint density at radius 2 is 1.26 bits per heavy atom. The maximum absolute atomic E-state index is 10.7. The summed E-state index contributed by atoms with van der Waals surface area (Å²) in [6, 6.07) is 17.1. The summed E-state index contributed by atoms with van der Waals surface area (Å²) in [4.78, 5) is 0. The smallest absolute Gasteiger partial charge is 0.485 e. The molecule has 0 saturated heterocycles. The quantitative estimate of drug-likeness (QED) is 0.303. The van der Waals surface area contributed by atoms with Crippen molar-refractivity contribution in [1.29, 1.82) is 0 Å². The minimum absolute atomic E-state index is 0.0648. The van der Waals surface area contributed by atoms with Crippen LogP contribution >= 0.6 is 31.9 Å². The summed E-state index contributed by atoms with van der Waals surface area (Å²) >= 11 is 6.93. The zero-order chi connectivity index (χ0) is 17.7. The zero-order valence-corrected chi connectivity index (χ0v) is 17.2. The van der Waals surface area contributed by atoms with Crippen LogP contribution in [0.15, 0.2) is 57.5 Å². The predicted octanol–water partition coefficient (Wildman–Crippen LogP) is 1.39. The van der Waals surface area contributed by atoms with E-state index in [1.807, 2.05) is 0 Å². The van der Waals surface area contributed by atoms with E-state index in [9.17, 15) is 13.2 Å². The average Bonchev–Trinajstić information content (AvgIpc) is 2.37. The van der Waals surface area contributed by atoms with Crippen molar-refractivity contribution in [2.75, 3.05) is 0 Å². The lowest BCUT2D eigenvalue weighted by Crippen LogP contribution is -3.61. The Labute approximate surface area is 158 Å². The van der Waals surface area contributed by atoms with Crippen molar-refractivity contribution in [2.24, 2.45) is 0 Å².